The molecule has 1 atom stereocenters. The maximum Gasteiger partial charge on any atom is 0.416 e. The van der Waals surface area contributed by atoms with E-state index in [-0.39, 0.29) is 17.9 Å². The molecule has 3 heterocycles. The SMILES string of the molecule is O=C(/C=C/c1cccs1)N1CC[C@@H](Oc2cc(C(F)(F)F)ccn2)C1. The number of alkyl halides is 3. The highest BCUT2D eigenvalue weighted by atomic mass is 32.1. The van der Waals surface area contributed by atoms with Crippen molar-refractivity contribution in [3.63, 3.8) is 0 Å². The average molecular weight is 368 g/mol. The Morgan fingerprint density at radius 3 is 2.96 bits per heavy atom. The van der Waals surface area contributed by atoms with Gasteiger partial charge in [-0.2, -0.15) is 13.2 Å². The first-order valence-corrected chi connectivity index (χ1v) is 8.50. The molecule has 132 valence electrons. The molecule has 2 aromatic heterocycles. The molecule has 0 aliphatic carbocycles. The predicted octanol–water partition coefficient (Wildman–Crippen LogP) is 3.86. The molecule has 0 unspecified atom stereocenters. The lowest BCUT2D eigenvalue weighted by atomic mass is 10.2. The first kappa shape index (κ1) is 17.5. The van der Waals surface area contributed by atoms with Crippen molar-refractivity contribution in [1.29, 1.82) is 0 Å². The van der Waals surface area contributed by atoms with Crippen molar-refractivity contribution in [2.75, 3.05) is 13.1 Å². The molecule has 0 saturated carbocycles. The van der Waals surface area contributed by atoms with Gasteiger partial charge >= 0.3 is 6.18 Å². The Hall–Kier alpha value is -2.35. The van der Waals surface area contributed by atoms with Gasteiger partial charge in [-0.05, 0) is 23.6 Å². The molecule has 0 N–H and O–H groups in total. The number of likely N-dealkylation sites (tertiary alicyclic amines) is 1. The first-order valence-electron chi connectivity index (χ1n) is 7.62. The van der Waals surface area contributed by atoms with Crippen LogP contribution in [0, 0.1) is 0 Å². The highest BCUT2D eigenvalue weighted by Crippen LogP contribution is 2.31. The summed E-state index contributed by atoms with van der Waals surface area (Å²) in [6.45, 7) is 0.822. The summed E-state index contributed by atoms with van der Waals surface area (Å²) in [5.41, 5.74) is -0.803. The van der Waals surface area contributed by atoms with Gasteiger partial charge < -0.3 is 9.64 Å². The van der Waals surface area contributed by atoms with E-state index in [4.69, 9.17) is 4.74 Å². The monoisotopic (exact) mass is 368 g/mol. The summed E-state index contributed by atoms with van der Waals surface area (Å²) in [5, 5.41) is 1.92. The lowest BCUT2D eigenvalue weighted by molar-refractivity contribution is -0.137. The minimum absolute atomic E-state index is 0.0803. The highest BCUT2D eigenvalue weighted by molar-refractivity contribution is 7.10. The zero-order valence-corrected chi connectivity index (χ0v) is 13.9. The van der Waals surface area contributed by atoms with Crippen LogP contribution >= 0.6 is 11.3 Å². The van der Waals surface area contributed by atoms with Crippen LogP contribution in [0.1, 0.15) is 16.9 Å². The fourth-order valence-corrected chi connectivity index (χ4v) is 3.11. The Balaban J connectivity index is 1.57. The van der Waals surface area contributed by atoms with E-state index in [0.717, 1.165) is 23.2 Å². The molecule has 1 aliphatic rings. The van der Waals surface area contributed by atoms with Gasteiger partial charge in [-0.15, -0.1) is 11.3 Å². The van der Waals surface area contributed by atoms with Crippen molar-refractivity contribution in [3.8, 4) is 5.88 Å². The van der Waals surface area contributed by atoms with E-state index in [1.165, 1.54) is 17.4 Å². The number of halogens is 3. The van der Waals surface area contributed by atoms with Gasteiger partial charge in [-0.25, -0.2) is 4.98 Å². The van der Waals surface area contributed by atoms with Crippen LogP contribution in [0.25, 0.3) is 6.08 Å². The molecular weight excluding hydrogens is 353 g/mol. The number of nitrogens with zero attached hydrogens (tertiary/aromatic N) is 2. The number of aromatic nitrogens is 1. The standard InChI is InChI=1S/C17H15F3N2O2S/c18-17(19,20)12-5-7-21-15(10-12)24-13-6-8-22(11-13)16(23)4-3-14-2-1-9-25-14/h1-5,7,9-10,13H,6,8,11H2/b4-3+/t13-/m1/s1. The Kier molecular flexibility index (Phi) is 5.08. The Bertz CT molecular complexity index is 760. The van der Waals surface area contributed by atoms with Crippen molar-refractivity contribution >= 4 is 23.3 Å². The zero-order chi connectivity index (χ0) is 17.9. The third-order valence-electron chi connectivity index (χ3n) is 3.74. The minimum atomic E-state index is -4.44. The van der Waals surface area contributed by atoms with E-state index in [1.54, 1.807) is 11.0 Å². The van der Waals surface area contributed by atoms with Gasteiger partial charge in [0.05, 0.1) is 12.1 Å². The second-order valence-corrected chi connectivity index (χ2v) is 6.52. The number of ether oxygens (including phenoxy) is 1. The van der Waals surface area contributed by atoms with Gasteiger partial charge in [-0.3, -0.25) is 4.79 Å². The molecule has 0 radical (unpaired) electrons. The van der Waals surface area contributed by atoms with Gasteiger partial charge in [0.2, 0.25) is 11.8 Å². The number of carbonyl (C=O) groups excluding carboxylic acids is 1. The minimum Gasteiger partial charge on any atom is -0.472 e. The summed E-state index contributed by atoms with van der Waals surface area (Å²) in [5.74, 6) is -0.222. The summed E-state index contributed by atoms with van der Waals surface area (Å²) < 4.78 is 43.6. The molecule has 2 aromatic rings. The number of carbonyl (C=O) groups is 1. The van der Waals surface area contributed by atoms with Crippen LogP contribution in [-0.2, 0) is 11.0 Å². The Labute approximate surface area is 146 Å². The Morgan fingerprint density at radius 1 is 1.40 bits per heavy atom. The van der Waals surface area contributed by atoms with Crippen molar-refractivity contribution < 1.29 is 22.7 Å². The maximum absolute atomic E-state index is 12.7. The number of amides is 1. The summed E-state index contributed by atoms with van der Waals surface area (Å²) in [7, 11) is 0. The van der Waals surface area contributed by atoms with Crippen molar-refractivity contribution in [2.24, 2.45) is 0 Å². The molecule has 1 saturated heterocycles. The summed E-state index contributed by atoms with van der Waals surface area (Å²) in [4.78, 5) is 18.6. The highest BCUT2D eigenvalue weighted by Gasteiger charge is 2.32. The topological polar surface area (TPSA) is 42.4 Å². The van der Waals surface area contributed by atoms with E-state index in [1.807, 2.05) is 17.5 Å². The fraction of sp³-hybridized carbons (Fsp3) is 0.294. The molecule has 8 heteroatoms. The number of hydrogen-bond donors (Lipinski definition) is 0. The second-order valence-electron chi connectivity index (χ2n) is 5.54. The third-order valence-corrected chi connectivity index (χ3v) is 4.58. The van der Waals surface area contributed by atoms with E-state index in [9.17, 15) is 18.0 Å². The molecule has 3 rings (SSSR count). The third kappa shape index (κ3) is 4.60. The van der Waals surface area contributed by atoms with E-state index in [0.29, 0.717) is 19.5 Å². The second kappa shape index (κ2) is 7.26. The number of rotatable bonds is 4. The molecule has 1 amide bonds. The molecule has 1 aliphatic heterocycles. The molecule has 25 heavy (non-hydrogen) atoms. The van der Waals surface area contributed by atoms with Crippen LogP contribution in [0.3, 0.4) is 0 Å². The summed E-state index contributed by atoms with van der Waals surface area (Å²) >= 11 is 1.53. The van der Waals surface area contributed by atoms with Crippen LogP contribution in [-0.4, -0.2) is 35.0 Å². The molecular formula is C17H15F3N2O2S. The molecule has 0 spiro atoms. The van der Waals surface area contributed by atoms with Crippen LogP contribution in [0.2, 0.25) is 0 Å². The summed E-state index contributed by atoms with van der Waals surface area (Å²) in [6, 6.07) is 5.58. The molecule has 0 aromatic carbocycles. The predicted molar refractivity (Wildman–Crippen MR) is 88.2 cm³/mol. The molecule has 1 fully saturated rings. The van der Waals surface area contributed by atoms with Gasteiger partial charge in [-0.1, -0.05) is 6.07 Å². The van der Waals surface area contributed by atoms with Crippen LogP contribution in [0.4, 0.5) is 13.2 Å². The van der Waals surface area contributed by atoms with Crippen LogP contribution in [0.15, 0.2) is 41.9 Å². The smallest absolute Gasteiger partial charge is 0.416 e. The Morgan fingerprint density at radius 2 is 2.24 bits per heavy atom. The van der Waals surface area contributed by atoms with Crippen molar-refractivity contribution in [3.05, 3.63) is 52.4 Å². The lowest BCUT2D eigenvalue weighted by Crippen LogP contribution is -2.29. The average Bonchev–Trinajstić information content (AvgIpc) is 3.24. The van der Waals surface area contributed by atoms with Crippen LogP contribution < -0.4 is 4.74 Å². The molecule has 4 nitrogen and oxygen atoms in total. The van der Waals surface area contributed by atoms with Gasteiger partial charge in [0.25, 0.3) is 0 Å². The van der Waals surface area contributed by atoms with E-state index < -0.39 is 11.7 Å². The van der Waals surface area contributed by atoms with E-state index >= 15 is 0 Å². The fourth-order valence-electron chi connectivity index (χ4n) is 2.49. The summed E-state index contributed by atoms with van der Waals surface area (Å²) in [6.07, 6.45) is 0.0588. The largest absolute Gasteiger partial charge is 0.472 e. The quantitative estimate of drug-likeness (QED) is 0.770. The van der Waals surface area contributed by atoms with Gasteiger partial charge in [0, 0.05) is 36.2 Å². The number of pyridine rings is 1. The lowest BCUT2D eigenvalue weighted by Gasteiger charge is -2.16. The van der Waals surface area contributed by atoms with Crippen LogP contribution in [0.5, 0.6) is 5.88 Å². The van der Waals surface area contributed by atoms with Gasteiger partial charge in [0.15, 0.2) is 0 Å². The maximum atomic E-state index is 12.7. The molecule has 0 bridgehead atoms. The van der Waals surface area contributed by atoms with E-state index in [2.05, 4.69) is 4.98 Å². The number of thiophene rings is 1. The van der Waals surface area contributed by atoms with Crippen molar-refractivity contribution in [1.82, 2.24) is 9.88 Å². The first-order chi connectivity index (χ1) is 11.9. The number of hydrogen-bond acceptors (Lipinski definition) is 4. The van der Waals surface area contributed by atoms with Crippen molar-refractivity contribution in [2.45, 2.75) is 18.7 Å². The van der Waals surface area contributed by atoms with Gasteiger partial charge in [0.1, 0.15) is 6.10 Å². The zero-order valence-electron chi connectivity index (χ0n) is 13.1. The normalized spacial score (nSPS) is 18.0.